The van der Waals surface area contributed by atoms with Crippen molar-refractivity contribution in [1.29, 1.82) is 0 Å². The molecule has 1 unspecified atom stereocenters. The molecule has 4 heteroatoms. The smallest absolute Gasteiger partial charge is 0.222 e. The minimum absolute atomic E-state index is 0.223. The lowest BCUT2D eigenvalue weighted by molar-refractivity contribution is -0.130. The van der Waals surface area contributed by atoms with Crippen LogP contribution in [0.3, 0.4) is 0 Å². The van der Waals surface area contributed by atoms with Gasteiger partial charge in [-0.05, 0) is 26.3 Å². The van der Waals surface area contributed by atoms with Gasteiger partial charge in [-0.1, -0.05) is 0 Å². The number of nitrogens with zero attached hydrogens (tertiary/aromatic N) is 1. The lowest BCUT2D eigenvalue weighted by atomic mass is 10.1. The first kappa shape index (κ1) is 12.5. The largest absolute Gasteiger partial charge is 0.378 e. The SMILES string of the molecule is CNCCN(C)C(=O)CCC1CCCO1. The molecule has 0 aromatic carbocycles. The Morgan fingerprint density at radius 3 is 3.00 bits per heavy atom. The minimum atomic E-state index is 0.223. The van der Waals surface area contributed by atoms with Crippen LogP contribution in [0.5, 0.6) is 0 Å². The van der Waals surface area contributed by atoms with Gasteiger partial charge in [-0.2, -0.15) is 0 Å². The highest BCUT2D eigenvalue weighted by molar-refractivity contribution is 5.75. The van der Waals surface area contributed by atoms with Gasteiger partial charge in [-0.25, -0.2) is 0 Å². The number of nitrogens with one attached hydrogen (secondary N) is 1. The summed E-state index contributed by atoms with van der Waals surface area (Å²) in [5.41, 5.74) is 0. The molecule has 1 fully saturated rings. The number of carbonyl (C=O) groups excluding carboxylic acids is 1. The quantitative estimate of drug-likeness (QED) is 0.705. The van der Waals surface area contributed by atoms with Crippen molar-refractivity contribution in [2.24, 2.45) is 0 Å². The number of rotatable bonds is 6. The summed E-state index contributed by atoms with van der Waals surface area (Å²) in [6.07, 6.45) is 4.09. The molecule has 1 amide bonds. The Morgan fingerprint density at radius 2 is 2.40 bits per heavy atom. The Morgan fingerprint density at radius 1 is 1.60 bits per heavy atom. The Hall–Kier alpha value is -0.610. The number of carbonyl (C=O) groups is 1. The zero-order chi connectivity index (χ0) is 11.1. The second kappa shape index (κ2) is 6.80. The molecule has 4 nitrogen and oxygen atoms in total. The van der Waals surface area contributed by atoms with Gasteiger partial charge < -0.3 is 15.0 Å². The van der Waals surface area contributed by atoms with Crippen LogP contribution >= 0.6 is 0 Å². The highest BCUT2D eigenvalue weighted by atomic mass is 16.5. The highest BCUT2D eigenvalue weighted by Crippen LogP contribution is 2.17. The second-order valence-corrected chi connectivity index (χ2v) is 4.09. The molecule has 15 heavy (non-hydrogen) atoms. The average Bonchev–Trinajstić information content (AvgIpc) is 2.75. The zero-order valence-electron chi connectivity index (χ0n) is 9.79. The van der Waals surface area contributed by atoms with Crippen molar-refractivity contribution >= 4 is 5.91 Å². The first-order valence-corrected chi connectivity index (χ1v) is 5.74. The number of ether oxygens (including phenoxy) is 1. The summed E-state index contributed by atoms with van der Waals surface area (Å²) in [4.78, 5) is 13.4. The molecule has 0 aromatic rings. The number of hydrogen-bond acceptors (Lipinski definition) is 3. The third kappa shape index (κ3) is 4.62. The molecule has 1 aliphatic rings. The van der Waals surface area contributed by atoms with Gasteiger partial charge in [-0.3, -0.25) is 4.79 Å². The van der Waals surface area contributed by atoms with Gasteiger partial charge in [0.05, 0.1) is 6.10 Å². The molecule has 1 heterocycles. The van der Waals surface area contributed by atoms with E-state index in [9.17, 15) is 4.79 Å². The van der Waals surface area contributed by atoms with E-state index >= 15 is 0 Å². The fraction of sp³-hybridized carbons (Fsp3) is 0.909. The Labute approximate surface area is 92.0 Å². The maximum absolute atomic E-state index is 11.6. The van der Waals surface area contributed by atoms with E-state index in [2.05, 4.69) is 5.32 Å². The van der Waals surface area contributed by atoms with Crippen LogP contribution in [-0.2, 0) is 9.53 Å². The van der Waals surface area contributed by atoms with Crippen LogP contribution < -0.4 is 5.32 Å². The van der Waals surface area contributed by atoms with Gasteiger partial charge in [-0.15, -0.1) is 0 Å². The third-order valence-electron chi connectivity index (χ3n) is 2.83. The summed E-state index contributed by atoms with van der Waals surface area (Å²) < 4.78 is 5.48. The minimum Gasteiger partial charge on any atom is -0.378 e. The van der Waals surface area contributed by atoms with E-state index in [4.69, 9.17) is 4.74 Å². The van der Waals surface area contributed by atoms with Crippen LogP contribution in [0.15, 0.2) is 0 Å². The van der Waals surface area contributed by atoms with Gasteiger partial charge in [0.2, 0.25) is 5.91 Å². The highest BCUT2D eigenvalue weighted by Gasteiger charge is 2.17. The molecule has 0 aliphatic carbocycles. The van der Waals surface area contributed by atoms with Crippen LogP contribution in [0.1, 0.15) is 25.7 Å². The first-order valence-electron chi connectivity index (χ1n) is 5.74. The molecular weight excluding hydrogens is 192 g/mol. The fourth-order valence-electron chi connectivity index (χ4n) is 1.75. The van der Waals surface area contributed by atoms with Crippen molar-refractivity contribution < 1.29 is 9.53 Å². The normalized spacial score (nSPS) is 20.5. The van der Waals surface area contributed by atoms with Crippen LogP contribution in [0.2, 0.25) is 0 Å². The molecule has 88 valence electrons. The first-order chi connectivity index (χ1) is 7.24. The van der Waals surface area contributed by atoms with Gasteiger partial charge in [0.25, 0.3) is 0 Å². The number of hydrogen-bond donors (Lipinski definition) is 1. The Bertz CT molecular complexity index is 191. The van der Waals surface area contributed by atoms with Crippen molar-refractivity contribution in [2.45, 2.75) is 31.8 Å². The predicted octanol–water partition coefficient (Wildman–Crippen LogP) is 0.623. The number of likely N-dealkylation sites (N-methyl/N-ethyl adjacent to an activating group) is 2. The second-order valence-electron chi connectivity index (χ2n) is 4.09. The van der Waals surface area contributed by atoms with E-state index in [1.807, 2.05) is 14.1 Å². The molecular formula is C11H22N2O2. The molecule has 0 radical (unpaired) electrons. The van der Waals surface area contributed by atoms with E-state index in [1.165, 1.54) is 0 Å². The standard InChI is InChI=1S/C11H22N2O2/c1-12-7-8-13(2)11(14)6-5-10-4-3-9-15-10/h10,12H,3-9H2,1-2H3. The van der Waals surface area contributed by atoms with E-state index in [1.54, 1.807) is 4.90 Å². The van der Waals surface area contributed by atoms with Gasteiger partial charge in [0.15, 0.2) is 0 Å². The van der Waals surface area contributed by atoms with Crippen LogP contribution in [-0.4, -0.2) is 50.7 Å². The molecule has 0 spiro atoms. The predicted molar refractivity (Wildman–Crippen MR) is 59.8 cm³/mol. The summed E-state index contributed by atoms with van der Waals surface area (Å²) in [6.45, 7) is 2.50. The summed E-state index contributed by atoms with van der Waals surface area (Å²) >= 11 is 0. The van der Waals surface area contributed by atoms with Crippen molar-refractivity contribution in [3.8, 4) is 0 Å². The molecule has 1 atom stereocenters. The third-order valence-corrected chi connectivity index (χ3v) is 2.83. The molecule has 1 saturated heterocycles. The average molecular weight is 214 g/mol. The fourth-order valence-corrected chi connectivity index (χ4v) is 1.75. The summed E-state index contributed by atoms with van der Waals surface area (Å²) in [5, 5.41) is 3.03. The zero-order valence-corrected chi connectivity index (χ0v) is 9.79. The van der Waals surface area contributed by atoms with Crippen molar-refractivity contribution in [2.75, 3.05) is 33.8 Å². The maximum Gasteiger partial charge on any atom is 0.222 e. The summed E-state index contributed by atoms with van der Waals surface area (Å²) in [5.74, 6) is 0.223. The lowest BCUT2D eigenvalue weighted by Crippen LogP contribution is -2.33. The summed E-state index contributed by atoms with van der Waals surface area (Å²) in [7, 11) is 3.75. The topological polar surface area (TPSA) is 41.6 Å². The van der Waals surface area contributed by atoms with E-state index in [0.29, 0.717) is 12.5 Å². The van der Waals surface area contributed by atoms with Crippen LogP contribution in [0.25, 0.3) is 0 Å². The Kier molecular flexibility index (Phi) is 5.65. The van der Waals surface area contributed by atoms with Crippen molar-refractivity contribution in [3.63, 3.8) is 0 Å². The van der Waals surface area contributed by atoms with Gasteiger partial charge in [0, 0.05) is 33.2 Å². The molecule has 0 saturated carbocycles. The van der Waals surface area contributed by atoms with Crippen molar-refractivity contribution in [1.82, 2.24) is 10.2 Å². The molecule has 0 bridgehead atoms. The molecule has 0 aromatic heterocycles. The lowest BCUT2D eigenvalue weighted by Gasteiger charge is -2.17. The van der Waals surface area contributed by atoms with E-state index < -0.39 is 0 Å². The maximum atomic E-state index is 11.6. The van der Waals surface area contributed by atoms with E-state index in [0.717, 1.165) is 39.0 Å². The number of amides is 1. The Balaban J connectivity index is 2.11. The molecule has 1 aliphatic heterocycles. The van der Waals surface area contributed by atoms with Gasteiger partial charge in [0.1, 0.15) is 0 Å². The molecule has 1 N–H and O–H groups in total. The summed E-state index contributed by atoms with van der Waals surface area (Å²) in [6, 6.07) is 0. The van der Waals surface area contributed by atoms with Crippen molar-refractivity contribution in [3.05, 3.63) is 0 Å². The van der Waals surface area contributed by atoms with Gasteiger partial charge >= 0.3 is 0 Å². The van der Waals surface area contributed by atoms with E-state index in [-0.39, 0.29) is 5.91 Å². The van der Waals surface area contributed by atoms with Crippen LogP contribution in [0, 0.1) is 0 Å². The monoisotopic (exact) mass is 214 g/mol. The van der Waals surface area contributed by atoms with Crippen LogP contribution in [0.4, 0.5) is 0 Å². The molecule has 1 rings (SSSR count).